The maximum absolute atomic E-state index is 12.3. The molecule has 0 aromatic heterocycles. The van der Waals surface area contributed by atoms with Crippen LogP contribution in [0.4, 0.5) is 11.4 Å². The van der Waals surface area contributed by atoms with Gasteiger partial charge in [-0.3, -0.25) is 14.4 Å². The smallest absolute Gasteiger partial charge is 0.311 e. The number of nitrogens with zero attached hydrogens (tertiary/aromatic N) is 1. The van der Waals surface area contributed by atoms with E-state index in [-0.39, 0.29) is 25.5 Å². The third-order valence-electron chi connectivity index (χ3n) is 5.07. The minimum atomic E-state index is -0.599. The fourth-order valence-corrected chi connectivity index (χ4v) is 3.20. The molecule has 7 heteroatoms. The van der Waals surface area contributed by atoms with Gasteiger partial charge in [0.25, 0.3) is 5.91 Å². The van der Waals surface area contributed by atoms with Crippen molar-refractivity contribution in [3.63, 3.8) is 0 Å². The van der Waals surface area contributed by atoms with E-state index in [0.29, 0.717) is 17.1 Å². The number of anilines is 2. The van der Waals surface area contributed by atoms with Gasteiger partial charge in [-0.05, 0) is 55.3 Å². The number of methoxy groups -OCH3 is 1. The van der Waals surface area contributed by atoms with Crippen LogP contribution in [0, 0.1) is 19.8 Å². The van der Waals surface area contributed by atoms with Gasteiger partial charge >= 0.3 is 5.97 Å². The predicted octanol–water partition coefficient (Wildman–Crippen LogP) is 2.85. The van der Waals surface area contributed by atoms with Crippen LogP contribution in [0.25, 0.3) is 0 Å². The maximum Gasteiger partial charge on any atom is 0.311 e. The Morgan fingerprint density at radius 2 is 1.86 bits per heavy atom. The quantitative estimate of drug-likeness (QED) is 0.759. The number of carbonyl (C=O) groups is 3. The van der Waals surface area contributed by atoms with Crippen LogP contribution < -0.4 is 15.0 Å². The molecule has 2 amide bonds. The molecule has 0 bridgehead atoms. The zero-order chi connectivity index (χ0) is 21.0. The normalized spacial score (nSPS) is 15.9. The van der Waals surface area contributed by atoms with E-state index in [1.807, 2.05) is 26.0 Å². The van der Waals surface area contributed by atoms with E-state index in [4.69, 9.17) is 9.47 Å². The third-order valence-corrected chi connectivity index (χ3v) is 5.07. The summed E-state index contributed by atoms with van der Waals surface area (Å²) in [5, 5.41) is 2.75. The van der Waals surface area contributed by atoms with E-state index in [2.05, 4.69) is 5.32 Å². The number of esters is 1. The van der Waals surface area contributed by atoms with E-state index < -0.39 is 17.8 Å². The highest BCUT2D eigenvalue weighted by atomic mass is 16.5. The lowest BCUT2D eigenvalue weighted by Crippen LogP contribution is -2.28. The van der Waals surface area contributed by atoms with Crippen molar-refractivity contribution >= 4 is 29.2 Å². The first-order valence-electron chi connectivity index (χ1n) is 9.36. The molecule has 29 heavy (non-hydrogen) atoms. The van der Waals surface area contributed by atoms with Crippen molar-refractivity contribution in [3.8, 4) is 5.75 Å². The molecule has 1 aliphatic rings. The SMILES string of the molecule is COc1ccc(N2C[C@H](C(=O)OCC(=O)Nc3cccc(C)c3C)CC2=O)cc1. The van der Waals surface area contributed by atoms with Crippen molar-refractivity contribution in [2.45, 2.75) is 20.3 Å². The molecule has 1 saturated heterocycles. The van der Waals surface area contributed by atoms with Gasteiger partial charge in [-0.2, -0.15) is 0 Å². The molecular weight excluding hydrogens is 372 g/mol. The van der Waals surface area contributed by atoms with Crippen LogP contribution in [0.5, 0.6) is 5.75 Å². The lowest BCUT2D eigenvalue weighted by molar-refractivity contribution is -0.151. The zero-order valence-electron chi connectivity index (χ0n) is 16.7. The molecule has 1 heterocycles. The van der Waals surface area contributed by atoms with Gasteiger partial charge in [-0.25, -0.2) is 0 Å². The summed E-state index contributed by atoms with van der Waals surface area (Å²) in [7, 11) is 1.57. The summed E-state index contributed by atoms with van der Waals surface area (Å²) in [5.74, 6) is -1.03. The van der Waals surface area contributed by atoms with Crippen molar-refractivity contribution in [1.29, 1.82) is 0 Å². The van der Waals surface area contributed by atoms with Crippen molar-refractivity contribution < 1.29 is 23.9 Å². The number of ether oxygens (including phenoxy) is 2. The fraction of sp³-hybridized carbons (Fsp3) is 0.318. The molecule has 2 aromatic rings. The minimum absolute atomic E-state index is 0.0590. The number of hydrogen-bond acceptors (Lipinski definition) is 5. The Morgan fingerprint density at radius 3 is 2.55 bits per heavy atom. The van der Waals surface area contributed by atoms with Crippen LogP contribution in [0.3, 0.4) is 0 Å². The van der Waals surface area contributed by atoms with Crippen LogP contribution >= 0.6 is 0 Å². The number of amides is 2. The Bertz CT molecular complexity index is 923. The fourth-order valence-electron chi connectivity index (χ4n) is 3.20. The Hall–Kier alpha value is -3.35. The first kappa shape index (κ1) is 20.4. The van der Waals surface area contributed by atoms with Crippen molar-refractivity contribution in [1.82, 2.24) is 0 Å². The van der Waals surface area contributed by atoms with E-state index in [1.165, 1.54) is 0 Å². The average Bonchev–Trinajstić information content (AvgIpc) is 3.11. The number of rotatable bonds is 6. The Kier molecular flexibility index (Phi) is 6.16. The van der Waals surface area contributed by atoms with Gasteiger partial charge in [0.15, 0.2) is 6.61 Å². The maximum atomic E-state index is 12.3. The van der Waals surface area contributed by atoms with Crippen molar-refractivity contribution in [3.05, 3.63) is 53.6 Å². The Labute approximate surface area is 169 Å². The number of nitrogens with one attached hydrogen (secondary N) is 1. The van der Waals surface area contributed by atoms with E-state index in [9.17, 15) is 14.4 Å². The highest BCUT2D eigenvalue weighted by molar-refractivity contribution is 6.00. The van der Waals surface area contributed by atoms with Gasteiger partial charge in [0.1, 0.15) is 5.75 Å². The van der Waals surface area contributed by atoms with Gasteiger partial charge < -0.3 is 19.7 Å². The summed E-state index contributed by atoms with van der Waals surface area (Å²) < 4.78 is 10.3. The van der Waals surface area contributed by atoms with E-state index in [1.54, 1.807) is 42.3 Å². The Balaban J connectivity index is 1.53. The molecule has 2 aromatic carbocycles. The van der Waals surface area contributed by atoms with Crippen LogP contribution in [0.2, 0.25) is 0 Å². The molecule has 1 aliphatic heterocycles. The molecule has 7 nitrogen and oxygen atoms in total. The standard InChI is InChI=1S/C22H24N2O5/c1-14-5-4-6-19(15(14)2)23-20(25)13-29-22(27)16-11-21(26)24(12-16)17-7-9-18(28-3)10-8-17/h4-10,16H,11-13H2,1-3H3,(H,23,25)/t16-/m1/s1. The second-order valence-corrected chi connectivity index (χ2v) is 7.01. The average molecular weight is 396 g/mol. The first-order chi connectivity index (χ1) is 13.9. The zero-order valence-corrected chi connectivity index (χ0v) is 16.7. The molecule has 0 saturated carbocycles. The number of aryl methyl sites for hydroxylation is 1. The lowest BCUT2D eigenvalue weighted by Gasteiger charge is -2.17. The van der Waals surface area contributed by atoms with Gasteiger partial charge in [0.05, 0.1) is 13.0 Å². The van der Waals surface area contributed by atoms with Gasteiger partial charge in [-0.1, -0.05) is 12.1 Å². The molecule has 1 atom stereocenters. The number of carbonyl (C=O) groups excluding carboxylic acids is 3. The molecule has 0 aliphatic carbocycles. The molecule has 3 rings (SSSR count). The summed E-state index contributed by atoms with van der Waals surface area (Å²) in [6, 6.07) is 12.6. The van der Waals surface area contributed by atoms with Crippen LogP contribution in [-0.4, -0.2) is 38.0 Å². The summed E-state index contributed by atoms with van der Waals surface area (Å²) in [4.78, 5) is 38.3. The van der Waals surface area contributed by atoms with Crippen molar-refractivity contribution in [2.75, 3.05) is 30.5 Å². The van der Waals surface area contributed by atoms with Gasteiger partial charge in [0, 0.05) is 24.3 Å². The summed E-state index contributed by atoms with van der Waals surface area (Å²) in [5.41, 5.74) is 3.40. The number of hydrogen-bond donors (Lipinski definition) is 1. The largest absolute Gasteiger partial charge is 0.497 e. The monoisotopic (exact) mass is 396 g/mol. The third kappa shape index (κ3) is 4.74. The Morgan fingerprint density at radius 1 is 1.14 bits per heavy atom. The predicted molar refractivity (Wildman–Crippen MR) is 109 cm³/mol. The summed E-state index contributed by atoms with van der Waals surface area (Å²) >= 11 is 0. The topological polar surface area (TPSA) is 84.9 Å². The van der Waals surface area contributed by atoms with Gasteiger partial charge in [0.2, 0.25) is 5.91 Å². The number of benzene rings is 2. The molecule has 0 radical (unpaired) electrons. The second-order valence-electron chi connectivity index (χ2n) is 7.01. The molecule has 1 fully saturated rings. The van der Waals surface area contributed by atoms with Gasteiger partial charge in [-0.15, -0.1) is 0 Å². The van der Waals surface area contributed by atoms with Crippen molar-refractivity contribution in [2.24, 2.45) is 5.92 Å². The molecule has 0 unspecified atom stereocenters. The summed E-state index contributed by atoms with van der Waals surface area (Å²) in [6.45, 7) is 3.70. The highest BCUT2D eigenvalue weighted by Gasteiger charge is 2.36. The minimum Gasteiger partial charge on any atom is -0.497 e. The molecule has 1 N–H and O–H groups in total. The van der Waals surface area contributed by atoms with Crippen LogP contribution in [-0.2, 0) is 19.1 Å². The lowest BCUT2D eigenvalue weighted by atomic mass is 10.1. The van der Waals surface area contributed by atoms with E-state index >= 15 is 0 Å². The molecule has 0 spiro atoms. The van der Waals surface area contributed by atoms with E-state index in [0.717, 1.165) is 11.1 Å². The second kappa shape index (κ2) is 8.77. The molecular formula is C22H24N2O5. The molecule has 152 valence electrons. The summed E-state index contributed by atoms with van der Waals surface area (Å²) in [6.07, 6.45) is 0.0590. The first-order valence-corrected chi connectivity index (χ1v) is 9.36. The van der Waals surface area contributed by atoms with Crippen LogP contribution in [0.1, 0.15) is 17.5 Å². The van der Waals surface area contributed by atoms with Crippen LogP contribution in [0.15, 0.2) is 42.5 Å². The highest BCUT2D eigenvalue weighted by Crippen LogP contribution is 2.27.